The zero-order valence-electron chi connectivity index (χ0n) is 43.4. The zero-order chi connectivity index (χ0) is 51.1. The van der Waals surface area contributed by atoms with Gasteiger partial charge in [-0.2, -0.15) is 6.07 Å². The smallest absolute Gasteiger partial charge is 0.135 e. The Hall–Kier alpha value is -7.34. The number of para-hydroxylation sites is 4. The molecule has 70 heavy (non-hydrogen) atoms. The van der Waals surface area contributed by atoms with Gasteiger partial charge in [0.1, 0.15) is 17.5 Å². The standard InChI is InChI=1S/C62H49F2N4O.Pt/c1-61(2,3)44-25-23-40(24-26-44)42-33-48(37-50(34-42)69-49-27-28-54-53-17-10-11-20-55(53)68(58(54)38-49)59-35-45(29-30-65-59)62(4,5)6)66-39-67(57-22-13-12-21-56(57)66)60-51(41-15-8-7-9-16-41)18-14-19-52(60)43-31-46(63)36-47(64)32-43;/h7-36,39H,1-6H3;/q-3;/i23D,24D,25D,26D;. The Morgan fingerprint density at radius 1 is 0.557 bits per heavy atom. The van der Waals surface area contributed by atoms with Crippen LogP contribution in [0.3, 0.4) is 0 Å². The first-order valence-electron chi connectivity index (χ1n) is 24.9. The van der Waals surface area contributed by atoms with Crippen molar-refractivity contribution < 1.29 is 40.1 Å². The molecule has 8 aromatic carbocycles. The van der Waals surface area contributed by atoms with Crippen LogP contribution in [0, 0.1) is 30.4 Å². The van der Waals surface area contributed by atoms with Crippen LogP contribution in [0.1, 0.15) is 58.2 Å². The molecule has 11 rings (SSSR count). The van der Waals surface area contributed by atoms with Gasteiger partial charge < -0.3 is 19.1 Å². The molecular formula is C62H49F2N4OPt-3. The molecule has 0 radical (unpaired) electrons. The quantitative estimate of drug-likeness (QED) is 0.142. The van der Waals surface area contributed by atoms with E-state index in [0.717, 1.165) is 61.8 Å². The van der Waals surface area contributed by atoms with Gasteiger partial charge in [-0.05, 0) is 86.5 Å². The number of aromatic nitrogens is 2. The van der Waals surface area contributed by atoms with E-state index in [0.29, 0.717) is 39.4 Å². The number of ether oxygens (including phenoxy) is 1. The van der Waals surface area contributed by atoms with Crippen molar-refractivity contribution in [3.8, 4) is 50.7 Å². The number of halogens is 2. The van der Waals surface area contributed by atoms with Crippen molar-refractivity contribution in [2.24, 2.45) is 0 Å². The van der Waals surface area contributed by atoms with E-state index in [1.54, 1.807) is 12.1 Å². The average molecular weight is 1100 g/mol. The van der Waals surface area contributed by atoms with Gasteiger partial charge in [0.15, 0.2) is 0 Å². The Morgan fingerprint density at radius 2 is 1.21 bits per heavy atom. The molecule has 1 aliphatic rings. The maximum Gasteiger partial charge on any atom is 0.135 e. The van der Waals surface area contributed by atoms with Gasteiger partial charge in [0.25, 0.3) is 0 Å². The summed E-state index contributed by atoms with van der Waals surface area (Å²) in [5.74, 6) is -0.0860. The first-order chi connectivity index (χ1) is 34.9. The molecule has 0 aliphatic carbocycles. The fourth-order valence-electron chi connectivity index (χ4n) is 9.06. The summed E-state index contributed by atoms with van der Waals surface area (Å²) in [6, 6.07) is 52.8. The molecule has 0 saturated heterocycles. The number of nitrogens with zero attached hydrogens (tertiary/aromatic N) is 4. The maximum absolute atomic E-state index is 15.1. The number of pyridine rings is 1. The molecular weight excluding hydrogens is 1050 g/mol. The number of hydrogen-bond acceptors (Lipinski definition) is 4. The fraction of sp³-hybridized carbons (Fsp3) is 0.129. The normalized spacial score (nSPS) is 13.4. The number of anilines is 4. The van der Waals surface area contributed by atoms with Crippen molar-refractivity contribution in [1.82, 2.24) is 9.55 Å². The van der Waals surface area contributed by atoms with Crippen LogP contribution in [0.5, 0.6) is 11.5 Å². The Morgan fingerprint density at radius 3 is 1.93 bits per heavy atom. The van der Waals surface area contributed by atoms with Gasteiger partial charge in [0.05, 0.1) is 5.48 Å². The number of fused-ring (bicyclic) bond motifs is 4. The predicted molar refractivity (Wildman–Crippen MR) is 278 cm³/mol. The topological polar surface area (TPSA) is 33.5 Å². The maximum atomic E-state index is 15.1. The monoisotopic (exact) mass is 1100 g/mol. The Balaban J connectivity index is 0.00000626. The van der Waals surface area contributed by atoms with E-state index in [1.807, 2.05) is 147 Å². The minimum absolute atomic E-state index is 0. The molecule has 0 unspecified atom stereocenters. The zero-order valence-corrected chi connectivity index (χ0v) is 41.6. The van der Waals surface area contributed by atoms with Gasteiger partial charge in [-0.3, -0.25) is 0 Å². The van der Waals surface area contributed by atoms with E-state index in [4.69, 9.17) is 9.72 Å². The molecule has 0 amide bonds. The molecule has 2 aromatic heterocycles. The molecule has 0 spiro atoms. The molecule has 350 valence electrons. The second-order valence-corrected chi connectivity index (χ2v) is 19.4. The molecule has 1 aliphatic heterocycles. The summed E-state index contributed by atoms with van der Waals surface area (Å²) in [5.41, 5.74) is 8.03. The summed E-state index contributed by atoms with van der Waals surface area (Å²) in [7, 11) is 0. The third-order valence-electron chi connectivity index (χ3n) is 12.5. The van der Waals surface area contributed by atoms with Gasteiger partial charge in [-0.15, -0.1) is 53.6 Å². The molecule has 3 heterocycles. The van der Waals surface area contributed by atoms with Crippen molar-refractivity contribution in [3.05, 3.63) is 224 Å². The first-order valence-corrected chi connectivity index (χ1v) is 22.9. The molecule has 0 saturated carbocycles. The first kappa shape index (κ1) is 41.6. The second kappa shape index (κ2) is 18.2. The number of hydrogen-bond donors (Lipinski definition) is 0. The SMILES string of the molecule is [2H]c1c([2H])c(C(C)(C)C)c([2H])c([2H])c1-c1cc(Oc2[c-]c3c(cc2)c2ccccc2n3-c2cc(C(C)(C)C)ccn2)[c-]c(N2[CH-]N(c3c(-c4ccccc4)cccc3-c3cc(F)cc(F)c3)c3ccccc32)c1.[Pt]. The molecule has 0 atom stereocenters. The van der Waals surface area contributed by atoms with E-state index in [-0.39, 0.29) is 62.0 Å². The van der Waals surface area contributed by atoms with Crippen molar-refractivity contribution >= 4 is 44.6 Å². The Bertz CT molecular complexity index is 3780. The van der Waals surface area contributed by atoms with Crippen LogP contribution in [-0.4, -0.2) is 9.55 Å². The summed E-state index contributed by atoms with van der Waals surface area (Å²) in [5, 5.41) is 1.97. The molecule has 5 nitrogen and oxygen atoms in total. The minimum atomic E-state index is -0.702. The predicted octanol–water partition coefficient (Wildman–Crippen LogP) is 16.9. The van der Waals surface area contributed by atoms with Crippen LogP contribution in [0.15, 0.2) is 182 Å². The van der Waals surface area contributed by atoms with Gasteiger partial charge >= 0.3 is 0 Å². The molecule has 0 fully saturated rings. The van der Waals surface area contributed by atoms with Crippen molar-refractivity contribution in [2.75, 3.05) is 9.80 Å². The van der Waals surface area contributed by atoms with Crippen molar-refractivity contribution in [2.45, 2.75) is 52.4 Å². The van der Waals surface area contributed by atoms with Gasteiger partial charge in [0, 0.05) is 78.5 Å². The van der Waals surface area contributed by atoms with E-state index in [1.165, 1.54) is 12.1 Å². The third kappa shape index (κ3) is 8.69. The molecule has 0 N–H and O–H groups in total. The largest absolute Gasteiger partial charge is 0.509 e. The third-order valence-corrected chi connectivity index (χ3v) is 12.5. The van der Waals surface area contributed by atoms with Gasteiger partial charge in [-0.1, -0.05) is 150 Å². The summed E-state index contributed by atoms with van der Waals surface area (Å²) in [4.78, 5) is 8.76. The van der Waals surface area contributed by atoms with Crippen LogP contribution in [0.2, 0.25) is 0 Å². The Labute approximate surface area is 428 Å². The van der Waals surface area contributed by atoms with Gasteiger partial charge in [-0.25, -0.2) is 13.8 Å². The summed E-state index contributed by atoms with van der Waals surface area (Å²) >= 11 is 0. The summed E-state index contributed by atoms with van der Waals surface area (Å²) in [6.07, 6.45) is 1.83. The minimum Gasteiger partial charge on any atom is -0.509 e. The van der Waals surface area contributed by atoms with Crippen molar-refractivity contribution in [3.63, 3.8) is 0 Å². The molecule has 10 aromatic rings. The van der Waals surface area contributed by atoms with Crippen LogP contribution >= 0.6 is 0 Å². The summed E-state index contributed by atoms with van der Waals surface area (Å²) < 4.78 is 76.3. The average Bonchev–Trinajstić information content (AvgIpc) is 3.91. The fourth-order valence-corrected chi connectivity index (χ4v) is 9.06. The molecule has 0 bridgehead atoms. The van der Waals surface area contributed by atoms with E-state index < -0.39 is 17.0 Å². The van der Waals surface area contributed by atoms with E-state index in [2.05, 4.69) is 55.7 Å². The van der Waals surface area contributed by atoms with Crippen LogP contribution in [0.4, 0.5) is 31.5 Å². The van der Waals surface area contributed by atoms with Crippen LogP contribution < -0.4 is 14.5 Å². The Kier molecular flexibility index (Phi) is 10.8. The molecule has 8 heteroatoms. The summed E-state index contributed by atoms with van der Waals surface area (Å²) in [6.45, 7) is 14.0. The second-order valence-electron chi connectivity index (χ2n) is 19.4. The van der Waals surface area contributed by atoms with Crippen molar-refractivity contribution in [1.29, 1.82) is 0 Å². The van der Waals surface area contributed by atoms with Gasteiger partial charge in [0.2, 0.25) is 0 Å². The number of rotatable bonds is 8. The van der Waals surface area contributed by atoms with E-state index in [9.17, 15) is 5.48 Å². The van der Waals surface area contributed by atoms with Crippen LogP contribution in [0.25, 0.3) is 61.0 Å². The van der Waals surface area contributed by atoms with Crippen LogP contribution in [-0.2, 0) is 31.9 Å². The number of benzene rings is 8. The van der Waals surface area contributed by atoms with E-state index >= 15 is 8.78 Å².